The van der Waals surface area contributed by atoms with Crippen LogP contribution in [0.1, 0.15) is 36.8 Å². The van der Waals surface area contributed by atoms with Gasteiger partial charge < -0.3 is 10.1 Å². The molecule has 114 valence electrons. The van der Waals surface area contributed by atoms with Gasteiger partial charge in [0.15, 0.2) is 0 Å². The fourth-order valence-electron chi connectivity index (χ4n) is 2.52. The van der Waals surface area contributed by atoms with Crippen LogP contribution in [-0.4, -0.2) is 23.9 Å². The molecule has 0 aliphatic heterocycles. The Balaban J connectivity index is 2.24. The van der Waals surface area contributed by atoms with Crippen LogP contribution in [0.2, 0.25) is 0 Å². The second-order valence-electron chi connectivity index (χ2n) is 5.13. The summed E-state index contributed by atoms with van der Waals surface area (Å²) in [5, 5.41) is 8.08. The molecule has 21 heavy (non-hydrogen) atoms. The molecule has 0 bridgehead atoms. The highest BCUT2D eigenvalue weighted by Gasteiger charge is 2.14. The maximum atomic E-state index is 5.32. The molecular weight excluding hydrogens is 262 g/mol. The third-order valence-electron chi connectivity index (χ3n) is 3.84. The summed E-state index contributed by atoms with van der Waals surface area (Å²) in [7, 11) is 3.68. The summed E-state index contributed by atoms with van der Waals surface area (Å²) in [6, 6.07) is 10.6. The average molecular weight is 287 g/mol. The van der Waals surface area contributed by atoms with Crippen LogP contribution in [-0.2, 0) is 19.4 Å². The molecule has 0 amide bonds. The van der Waals surface area contributed by atoms with Crippen molar-refractivity contribution in [3.63, 3.8) is 0 Å². The van der Waals surface area contributed by atoms with Gasteiger partial charge in [-0.25, -0.2) is 0 Å². The molecule has 0 aliphatic carbocycles. The zero-order valence-electron chi connectivity index (χ0n) is 13.4. The molecule has 4 nitrogen and oxygen atoms in total. The van der Waals surface area contributed by atoms with E-state index in [1.807, 2.05) is 19.2 Å². The van der Waals surface area contributed by atoms with Crippen molar-refractivity contribution in [3.8, 4) is 5.75 Å². The standard InChI is InChI=1S/C17H25N3O/c1-5-14-11-15(6-2)20(19-14)12-17(18-3)13-8-7-9-16(10-13)21-4/h7-11,17-18H,5-6,12H2,1-4H3. The van der Waals surface area contributed by atoms with E-state index in [4.69, 9.17) is 9.84 Å². The molecular formula is C17H25N3O. The summed E-state index contributed by atoms with van der Waals surface area (Å²) in [6.07, 6.45) is 1.98. The fourth-order valence-corrected chi connectivity index (χ4v) is 2.52. The molecule has 0 aliphatic rings. The summed E-state index contributed by atoms with van der Waals surface area (Å²) in [5.41, 5.74) is 3.66. The van der Waals surface area contributed by atoms with Crippen LogP contribution in [0.3, 0.4) is 0 Å². The van der Waals surface area contributed by atoms with Gasteiger partial charge in [-0.05, 0) is 43.7 Å². The molecule has 0 spiro atoms. The maximum absolute atomic E-state index is 5.32. The van der Waals surface area contributed by atoms with Crippen LogP contribution >= 0.6 is 0 Å². The summed E-state index contributed by atoms with van der Waals surface area (Å²) < 4.78 is 7.44. The maximum Gasteiger partial charge on any atom is 0.119 e. The Morgan fingerprint density at radius 3 is 2.67 bits per heavy atom. The number of hydrogen-bond donors (Lipinski definition) is 1. The zero-order valence-corrected chi connectivity index (χ0v) is 13.4. The summed E-state index contributed by atoms with van der Waals surface area (Å²) in [5.74, 6) is 0.887. The Morgan fingerprint density at radius 2 is 2.05 bits per heavy atom. The Kier molecular flexibility index (Phi) is 5.39. The van der Waals surface area contributed by atoms with Crippen molar-refractivity contribution in [3.05, 3.63) is 47.3 Å². The van der Waals surface area contributed by atoms with Gasteiger partial charge in [-0.1, -0.05) is 26.0 Å². The Hall–Kier alpha value is -1.81. The van der Waals surface area contributed by atoms with Crippen LogP contribution in [0.5, 0.6) is 5.75 Å². The second kappa shape index (κ2) is 7.27. The molecule has 1 aromatic carbocycles. The Bertz CT molecular complexity index is 577. The van der Waals surface area contributed by atoms with E-state index in [0.717, 1.165) is 30.8 Å². The van der Waals surface area contributed by atoms with Crippen molar-refractivity contribution >= 4 is 0 Å². The smallest absolute Gasteiger partial charge is 0.119 e. The number of likely N-dealkylation sites (N-methyl/N-ethyl adjacent to an activating group) is 1. The van der Waals surface area contributed by atoms with Crippen molar-refractivity contribution in [1.29, 1.82) is 0 Å². The lowest BCUT2D eigenvalue weighted by atomic mass is 10.1. The van der Waals surface area contributed by atoms with Gasteiger partial charge in [-0.2, -0.15) is 5.10 Å². The van der Waals surface area contributed by atoms with Crippen molar-refractivity contribution in [2.45, 2.75) is 39.3 Å². The Morgan fingerprint density at radius 1 is 1.24 bits per heavy atom. The number of benzene rings is 1. The average Bonchev–Trinajstić information content (AvgIpc) is 2.94. The van der Waals surface area contributed by atoms with Crippen molar-refractivity contribution in [2.24, 2.45) is 0 Å². The molecule has 1 heterocycles. The van der Waals surface area contributed by atoms with Crippen LogP contribution in [0, 0.1) is 0 Å². The topological polar surface area (TPSA) is 39.1 Å². The minimum absolute atomic E-state index is 0.218. The number of aryl methyl sites for hydroxylation is 2. The van der Waals surface area contributed by atoms with Gasteiger partial charge in [-0.15, -0.1) is 0 Å². The summed E-state index contributed by atoms with van der Waals surface area (Å²) in [4.78, 5) is 0. The Labute approximate surface area is 127 Å². The molecule has 1 unspecified atom stereocenters. The predicted octanol–water partition coefficient (Wildman–Crippen LogP) is 2.98. The number of hydrogen-bond acceptors (Lipinski definition) is 3. The van der Waals surface area contributed by atoms with E-state index in [1.165, 1.54) is 11.3 Å². The van der Waals surface area contributed by atoms with Gasteiger partial charge >= 0.3 is 0 Å². The SMILES string of the molecule is CCc1cc(CC)n(CC(NC)c2cccc(OC)c2)n1. The number of nitrogens with zero attached hydrogens (tertiary/aromatic N) is 2. The zero-order chi connectivity index (χ0) is 15.2. The molecule has 1 atom stereocenters. The fraction of sp³-hybridized carbons (Fsp3) is 0.471. The molecule has 2 aromatic rings. The normalized spacial score (nSPS) is 12.4. The molecule has 1 aromatic heterocycles. The van der Waals surface area contributed by atoms with Crippen molar-refractivity contribution in [2.75, 3.05) is 14.2 Å². The quantitative estimate of drug-likeness (QED) is 0.851. The highest BCUT2D eigenvalue weighted by molar-refractivity contribution is 5.30. The molecule has 0 saturated carbocycles. The lowest BCUT2D eigenvalue weighted by Gasteiger charge is -2.18. The first-order valence-corrected chi connectivity index (χ1v) is 7.58. The predicted molar refractivity (Wildman–Crippen MR) is 85.8 cm³/mol. The lowest BCUT2D eigenvalue weighted by molar-refractivity contribution is 0.410. The number of nitrogens with one attached hydrogen (secondary N) is 1. The van der Waals surface area contributed by atoms with Gasteiger partial charge in [0, 0.05) is 5.69 Å². The second-order valence-corrected chi connectivity index (χ2v) is 5.13. The highest BCUT2D eigenvalue weighted by atomic mass is 16.5. The first-order chi connectivity index (χ1) is 10.2. The monoisotopic (exact) mass is 287 g/mol. The summed E-state index contributed by atoms with van der Waals surface area (Å²) in [6.45, 7) is 5.14. The van der Waals surface area contributed by atoms with Crippen molar-refractivity contribution < 1.29 is 4.74 Å². The largest absolute Gasteiger partial charge is 0.497 e. The van der Waals surface area contributed by atoms with Gasteiger partial charge in [0.25, 0.3) is 0 Å². The molecule has 1 N–H and O–H groups in total. The van der Waals surface area contributed by atoms with E-state index in [9.17, 15) is 0 Å². The van der Waals surface area contributed by atoms with Gasteiger partial charge in [0.1, 0.15) is 5.75 Å². The van der Waals surface area contributed by atoms with E-state index < -0.39 is 0 Å². The molecule has 2 rings (SSSR count). The third-order valence-corrected chi connectivity index (χ3v) is 3.84. The number of methoxy groups -OCH3 is 1. The number of rotatable bonds is 7. The number of aromatic nitrogens is 2. The molecule has 4 heteroatoms. The lowest BCUT2D eigenvalue weighted by Crippen LogP contribution is -2.23. The van der Waals surface area contributed by atoms with Crippen LogP contribution in [0.25, 0.3) is 0 Å². The van der Waals surface area contributed by atoms with Crippen molar-refractivity contribution in [1.82, 2.24) is 15.1 Å². The minimum atomic E-state index is 0.218. The van der Waals surface area contributed by atoms with E-state index in [0.29, 0.717) is 0 Å². The van der Waals surface area contributed by atoms with Gasteiger partial charge in [-0.3, -0.25) is 4.68 Å². The van der Waals surface area contributed by atoms with Gasteiger partial charge in [0.2, 0.25) is 0 Å². The minimum Gasteiger partial charge on any atom is -0.497 e. The molecule has 0 radical (unpaired) electrons. The molecule has 0 fully saturated rings. The highest BCUT2D eigenvalue weighted by Crippen LogP contribution is 2.21. The number of ether oxygens (including phenoxy) is 1. The van der Waals surface area contributed by atoms with Crippen LogP contribution in [0.15, 0.2) is 30.3 Å². The first-order valence-electron chi connectivity index (χ1n) is 7.58. The van der Waals surface area contributed by atoms with Gasteiger partial charge in [0.05, 0.1) is 25.4 Å². The summed E-state index contributed by atoms with van der Waals surface area (Å²) >= 11 is 0. The third kappa shape index (κ3) is 3.64. The van der Waals surface area contributed by atoms with Crippen LogP contribution in [0.4, 0.5) is 0 Å². The molecule has 0 saturated heterocycles. The van der Waals surface area contributed by atoms with E-state index in [-0.39, 0.29) is 6.04 Å². The first kappa shape index (κ1) is 15.6. The van der Waals surface area contributed by atoms with E-state index in [1.54, 1.807) is 7.11 Å². The van der Waals surface area contributed by atoms with E-state index in [2.05, 4.69) is 42.0 Å². The van der Waals surface area contributed by atoms with E-state index >= 15 is 0 Å². The van der Waals surface area contributed by atoms with Crippen LogP contribution < -0.4 is 10.1 Å².